The highest BCUT2D eigenvalue weighted by Crippen LogP contribution is 2.50. The van der Waals surface area contributed by atoms with Crippen molar-refractivity contribution < 1.29 is 4.52 Å². The van der Waals surface area contributed by atoms with Gasteiger partial charge in [0.15, 0.2) is 0 Å². The first kappa shape index (κ1) is 23.6. The Morgan fingerprint density at radius 3 is 1.10 bits per heavy atom. The summed E-state index contributed by atoms with van der Waals surface area (Å²) in [6.07, 6.45) is 3.75. The second-order valence-electron chi connectivity index (χ2n) is 10.6. The number of pyridine rings is 1. The molecule has 0 aliphatic carbocycles. The fraction of sp³-hybridized carbons (Fsp3) is 0.0526. The zero-order valence-corrected chi connectivity index (χ0v) is 22.8. The van der Waals surface area contributed by atoms with Crippen molar-refractivity contribution in [2.75, 3.05) is 0 Å². The molecule has 0 fully saturated rings. The second kappa shape index (κ2) is 9.14. The molecule has 0 amide bonds. The van der Waals surface area contributed by atoms with Crippen LogP contribution < -0.4 is 0 Å². The van der Waals surface area contributed by atoms with Crippen molar-refractivity contribution in [2.24, 2.45) is 0 Å². The molecule has 2 aromatic heterocycles. The highest BCUT2D eigenvalue weighted by molar-refractivity contribution is 6.30. The number of hydrogen-bond acceptors (Lipinski definition) is 3. The molecule has 0 aliphatic heterocycles. The van der Waals surface area contributed by atoms with Crippen molar-refractivity contribution >= 4 is 43.1 Å². The summed E-state index contributed by atoms with van der Waals surface area (Å²) < 4.78 is 5.68. The summed E-state index contributed by atoms with van der Waals surface area (Å²) in [5.41, 5.74) is 8.07. The molecule has 8 aromatic rings. The number of benzene rings is 6. The van der Waals surface area contributed by atoms with Crippen LogP contribution in [0.25, 0.3) is 76.5 Å². The van der Waals surface area contributed by atoms with Gasteiger partial charge in [0.1, 0.15) is 5.76 Å². The van der Waals surface area contributed by atoms with Crippen LogP contribution in [0.15, 0.2) is 126 Å². The Morgan fingerprint density at radius 2 is 0.756 bits per heavy atom. The van der Waals surface area contributed by atoms with Crippen molar-refractivity contribution in [3.8, 4) is 33.4 Å². The van der Waals surface area contributed by atoms with E-state index in [9.17, 15) is 0 Å². The SMILES string of the molecule is Cc1noc(C)c1-c1c2ccccc2c(-c2c3ccccc3c(-c3ccncc3)c3ccccc23)c2ccccc12. The molecule has 2 heterocycles. The van der Waals surface area contributed by atoms with Crippen LogP contribution in [0.5, 0.6) is 0 Å². The van der Waals surface area contributed by atoms with Gasteiger partial charge >= 0.3 is 0 Å². The van der Waals surface area contributed by atoms with E-state index in [0.717, 1.165) is 17.0 Å². The molecular formula is C38H26N2O. The van der Waals surface area contributed by atoms with E-state index < -0.39 is 0 Å². The summed E-state index contributed by atoms with van der Waals surface area (Å²) in [5.74, 6) is 0.836. The number of aromatic nitrogens is 2. The van der Waals surface area contributed by atoms with Gasteiger partial charge in [-0.1, -0.05) is 102 Å². The summed E-state index contributed by atoms with van der Waals surface area (Å²) in [7, 11) is 0. The minimum atomic E-state index is 0.836. The van der Waals surface area contributed by atoms with Gasteiger partial charge in [-0.15, -0.1) is 0 Å². The molecule has 41 heavy (non-hydrogen) atoms. The van der Waals surface area contributed by atoms with Crippen LogP contribution >= 0.6 is 0 Å². The molecule has 0 bridgehead atoms. The number of nitrogens with zero attached hydrogens (tertiary/aromatic N) is 2. The lowest BCUT2D eigenvalue weighted by Crippen LogP contribution is -1.95. The average molecular weight is 527 g/mol. The van der Waals surface area contributed by atoms with Crippen LogP contribution in [0.3, 0.4) is 0 Å². The maximum Gasteiger partial charge on any atom is 0.141 e. The van der Waals surface area contributed by atoms with Crippen molar-refractivity contribution in [1.82, 2.24) is 10.1 Å². The van der Waals surface area contributed by atoms with Crippen molar-refractivity contribution in [2.45, 2.75) is 13.8 Å². The first-order valence-corrected chi connectivity index (χ1v) is 13.9. The van der Waals surface area contributed by atoms with E-state index in [0.29, 0.717) is 0 Å². The van der Waals surface area contributed by atoms with E-state index in [-0.39, 0.29) is 0 Å². The molecule has 0 spiro atoms. The van der Waals surface area contributed by atoms with E-state index >= 15 is 0 Å². The van der Waals surface area contributed by atoms with E-state index in [1.165, 1.54) is 70.9 Å². The lowest BCUT2D eigenvalue weighted by atomic mass is 9.81. The summed E-state index contributed by atoms with van der Waals surface area (Å²) >= 11 is 0. The van der Waals surface area contributed by atoms with Crippen molar-refractivity contribution in [1.29, 1.82) is 0 Å². The van der Waals surface area contributed by atoms with Gasteiger partial charge in [-0.2, -0.15) is 0 Å². The number of rotatable bonds is 3. The third kappa shape index (κ3) is 3.46. The second-order valence-corrected chi connectivity index (χ2v) is 10.6. The Morgan fingerprint density at radius 1 is 0.415 bits per heavy atom. The Balaban J connectivity index is 1.62. The van der Waals surface area contributed by atoms with Gasteiger partial charge in [0, 0.05) is 23.5 Å². The van der Waals surface area contributed by atoms with Gasteiger partial charge in [0.25, 0.3) is 0 Å². The lowest BCUT2D eigenvalue weighted by Gasteiger charge is -2.22. The summed E-state index contributed by atoms with van der Waals surface area (Å²) in [4.78, 5) is 4.29. The molecule has 0 radical (unpaired) electrons. The average Bonchev–Trinajstić information content (AvgIpc) is 3.36. The van der Waals surface area contributed by atoms with Gasteiger partial charge in [-0.3, -0.25) is 4.98 Å². The molecule has 0 saturated carbocycles. The molecular weight excluding hydrogens is 500 g/mol. The third-order valence-electron chi connectivity index (χ3n) is 8.37. The van der Waals surface area contributed by atoms with Gasteiger partial charge in [-0.05, 0) is 91.3 Å². The van der Waals surface area contributed by atoms with Crippen LogP contribution in [0, 0.1) is 13.8 Å². The number of hydrogen-bond donors (Lipinski definition) is 0. The van der Waals surface area contributed by atoms with E-state index in [1.54, 1.807) is 0 Å². The van der Waals surface area contributed by atoms with E-state index in [2.05, 4.69) is 119 Å². The third-order valence-corrected chi connectivity index (χ3v) is 8.37. The van der Waals surface area contributed by atoms with Crippen LogP contribution in [0.1, 0.15) is 11.5 Å². The minimum absolute atomic E-state index is 0.836. The first-order valence-electron chi connectivity index (χ1n) is 13.9. The van der Waals surface area contributed by atoms with Crippen molar-refractivity contribution in [3.05, 3.63) is 133 Å². The zero-order chi connectivity index (χ0) is 27.5. The molecule has 0 saturated heterocycles. The van der Waals surface area contributed by atoms with Crippen LogP contribution in [0.4, 0.5) is 0 Å². The Hall–Kier alpha value is -5.28. The Bertz CT molecular complexity index is 2150. The lowest BCUT2D eigenvalue weighted by molar-refractivity contribution is 0.393. The van der Waals surface area contributed by atoms with Gasteiger partial charge in [-0.25, -0.2) is 0 Å². The van der Waals surface area contributed by atoms with E-state index in [4.69, 9.17) is 4.52 Å². The fourth-order valence-corrected chi connectivity index (χ4v) is 6.73. The van der Waals surface area contributed by atoms with Gasteiger partial charge < -0.3 is 4.52 Å². The smallest absolute Gasteiger partial charge is 0.141 e. The predicted molar refractivity (Wildman–Crippen MR) is 170 cm³/mol. The van der Waals surface area contributed by atoms with Crippen LogP contribution in [0.2, 0.25) is 0 Å². The molecule has 0 unspecified atom stereocenters. The molecule has 3 heteroatoms. The molecule has 6 aromatic carbocycles. The molecule has 194 valence electrons. The number of fused-ring (bicyclic) bond motifs is 4. The Labute approximate surface area is 237 Å². The standard InChI is InChI=1S/C38H26N2O/c1-23-34(24(2)41-40-23)36-30-15-7-9-17-32(30)38(33-18-10-8-16-31(33)36)37-28-13-5-3-11-26(28)35(25-19-21-39-22-20-25)27-12-4-6-14-29(27)37/h3-22H,1-2H3. The summed E-state index contributed by atoms with van der Waals surface area (Å²) in [6, 6.07) is 39.4. The highest BCUT2D eigenvalue weighted by atomic mass is 16.5. The largest absolute Gasteiger partial charge is 0.361 e. The molecule has 3 nitrogen and oxygen atoms in total. The maximum atomic E-state index is 5.68. The quantitative estimate of drug-likeness (QED) is 0.215. The highest BCUT2D eigenvalue weighted by Gasteiger charge is 2.24. The normalized spacial score (nSPS) is 11.7. The van der Waals surface area contributed by atoms with E-state index in [1.807, 2.05) is 26.2 Å². The first-order chi connectivity index (χ1) is 20.2. The molecule has 0 atom stereocenters. The summed E-state index contributed by atoms with van der Waals surface area (Å²) in [5, 5.41) is 14.1. The molecule has 0 N–H and O–H groups in total. The maximum absolute atomic E-state index is 5.68. The van der Waals surface area contributed by atoms with Crippen molar-refractivity contribution in [3.63, 3.8) is 0 Å². The molecule has 8 rings (SSSR count). The number of aryl methyl sites for hydroxylation is 2. The topological polar surface area (TPSA) is 38.9 Å². The van der Waals surface area contributed by atoms with Crippen LogP contribution in [-0.4, -0.2) is 10.1 Å². The predicted octanol–water partition coefficient (Wildman–Crippen LogP) is 10.3. The van der Waals surface area contributed by atoms with Gasteiger partial charge in [0.2, 0.25) is 0 Å². The summed E-state index contributed by atoms with van der Waals surface area (Å²) in [6.45, 7) is 4.04. The zero-order valence-electron chi connectivity index (χ0n) is 22.8. The monoisotopic (exact) mass is 526 g/mol. The van der Waals surface area contributed by atoms with Gasteiger partial charge in [0.05, 0.1) is 5.69 Å². The minimum Gasteiger partial charge on any atom is -0.361 e. The van der Waals surface area contributed by atoms with Crippen LogP contribution in [-0.2, 0) is 0 Å². The Kier molecular flexibility index (Phi) is 5.26. The fourth-order valence-electron chi connectivity index (χ4n) is 6.73. The molecule has 0 aliphatic rings.